The van der Waals surface area contributed by atoms with Crippen LogP contribution in [0.4, 0.5) is 0 Å². The van der Waals surface area contributed by atoms with Crippen LogP contribution in [-0.4, -0.2) is 41.4 Å². The van der Waals surface area contributed by atoms with E-state index in [1.54, 1.807) is 12.1 Å². The molecule has 1 fully saturated rings. The van der Waals surface area contributed by atoms with Crippen LogP contribution in [0.3, 0.4) is 0 Å². The van der Waals surface area contributed by atoms with E-state index in [-0.39, 0.29) is 39.0 Å². The molecule has 29 heavy (non-hydrogen) atoms. The Bertz CT molecular complexity index is 936. The summed E-state index contributed by atoms with van der Waals surface area (Å²) in [4.78, 5) is 24.6. The minimum Gasteiger partial charge on any atom is -0.504 e. The molecule has 2 aromatic carbocycles. The molecule has 3 rings (SSSR count). The van der Waals surface area contributed by atoms with Gasteiger partial charge in [0.15, 0.2) is 23.9 Å². The van der Waals surface area contributed by atoms with Crippen molar-refractivity contribution in [3.05, 3.63) is 51.0 Å². The van der Waals surface area contributed by atoms with Crippen LogP contribution in [0.5, 0.6) is 17.2 Å². The molecule has 0 aromatic heterocycles. The van der Waals surface area contributed by atoms with Crippen LogP contribution in [0, 0.1) is 0 Å². The summed E-state index contributed by atoms with van der Waals surface area (Å²) in [5.74, 6) is -0.295. The van der Waals surface area contributed by atoms with Crippen molar-refractivity contribution in [2.24, 2.45) is 0 Å². The van der Waals surface area contributed by atoms with E-state index in [1.807, 2.05) is 0 Å². The maximum absolute atomic E-state index is 12.3. The zero-order chi connectivity index (χ0) is 21.1. The van der Waals surface area contributed by atoms with Gasteiger partial charge in [0, 0.05) is 5.02 Å². The minimum atomic E-state index is -0.571. The third-order valence-electron chi connectivity index (χ3n) is 3.91. The van der Waals surface area contributed by atoms with Crippen LogP contribution in [-0.2, 0) is 9.59 Å². The van der Waals surface area contributed by atoms with Gasteiger partial charge in [-0.25, -0.2) is 5.01 Å². The SMILES string of the molecule is COc1cc([C@H]2SCC(=O)N2NC(=O)COc2c(Cl)cc(Cl)cc2Cl)ccc1O. The number of aromatic hydroxyl groups is 1. The third kappa shape index (κ3) is 4.95. The molecule has 2 N–H and O–H groups in total. The van der Waals surface area contributed by atoms with Gasteiger partial charge in [0.05, 0.1) is 22.9 Å². The lowest BCUT2D eigenvalue weighted by Crippen LogP contribution is -2.46. The quantitative estimate of drug-likeness (QED) is 0.653. The molecule has 11 heteroatoms. The number of halogens is 3. The number of thioether (sulfide) groups is 1. The Kier molecular flexibility index (Phi) is 6.89. The molecule has 1 heterocycles. The molecule has 1 aliphatic rings. The molecule has 0 unspecified atom stereocenters. The van der Waals surface area contributed by atoms with Crippen LogP contribution in [0.1, 0.15) is 10.9 Å². The first-order valence-electron chi connectivity index (χ1n) is 8.17. The van der Waals surface area contributed by atoms with Gasteiger partial charge in [-0.3, -0.25) is 15.0 Å². The number of phenolic OH excluding ortho intramolecular Hbond substituents is 1. The molecule has 0 spiro atoms. The standard InChI is InChI=1S/C18H15Cl3N2O5S/c1-27-14-4-9(2-3-13(14)24)18-23(16(26)8-29-18)22-15(25)7-28-17-11(20)5-10(19)6-12(17)21/h2-6,18,24H,7-8H2,1H3,(H,22,25)/t18-/m1/s1. The maximum atomic E-state index is 12.3. The summed E-state index contributed by atoms with van der Waals surface area (Å²) in [6, 6.07) is 7.60. The number of benzene rings is 2. The van der Waals surface area contributed by atoms with Crippen molar-refractivity contribution in [3.8, 4) is 17.2 Å². The van der Waals surface area contributed by atoms with E-state index < -0.39 is 17.9 Å². The van der Waals surface area contributed by atoms with Gasteiger partial charge in [-0.1, -0.05) is 40.9 Å². The van der Waals surface area contributed by atoms with Crippen LogP contribution in [0.15, 0.2) is 30.3 Å². The van der Waals surface area contributed by atoms with E-state index >= 15 is 0 Å². The number of carbonyl (C=O) groups excluding carboxylic acids is 2. The summed E-state index contributed by atoms with van der Waals surface area (Å²) in [6.45, 7) is -0.416. The summed E-state index contributed by atoms with van der Waals surface area (Å²) in [5, 5.41) is 11.2. The predicted octanol–water partition coefficient (Wildman–Crippen LogP) is 4.05. The lowest BCUT2D eigenvalue weighted by atomic mass is 10.2. The number of phenols is 1. The van der Waals surface area contributed by atoms with Gasteiger partial charge in [0.1, 0.15) is 5.37 Å². The second-order valence-corrected chi connectivity index (χ2v) is 8.20. The summed E-state index contributed by atoms with van der Waals surface area (Å²) in [5.41, 5.74) is 3.21. The first-order chi connectivity index (χ1) is 13.8. The van der Waals surface area contributed by atoms with Crippen LogP contribution in [0.25, 0.3) is 0 Å². The predicted molar refractivity (Wildman–Crippen MR) is 112 cm³/mol. The summed E-state index contributed by atoms with van der Waals surface area (Å²) < 4.78 is 10.5. The van der Waals surface area contributed by atoms with Gasteiger partial charge in [-0.05, 0) is 29.8 Å². The molecular formula is C18H15Cl3N2O5S. The summed E-state index contributed by atoms with van der Waals surface area (Å²) in [6.07, 6.45) is 0. The highest BCUT2D eigenvalue weighted by molar-refractivity contribution is 8.00. The normalized spacial score (nSPS) is 16.1. The molecule has 1 saturated heterocycles. The van der Waals surface area contributed by atoms with E-state index in [0.29, 0.717) is 10.6 Å². The number of hydrogen-bond acceptors (Lipinski definition) is 6. The van der Waals surface area contributed by atoms with Gasteiger partial charge < -0.3 is 14.6 Å². The van der Waals surface area contributed by atoms with Gasteiger partial charge in [0.25, 0.3) is 11.8 Å². The Hall–Kier alpha value is -2.00. The van der Waals surface area contributed by atoms with Crippen molar-refractivity contribution in [1.82, 2.24) is 10.4 Å². The molecular weight excluding hydrogens is 463 g/mol. The number of carbonyl (C=O) groups is 2. The van der Waals surface area contributed by atoms with E-state index in [2.05, 4.69) is 5.43 Å². The van der Waals surface area contributed by atoms with E-state index in [9.17, 15) is 14.7 Å². The third-order valence-corrected chi connectivity index (χ3v) is 5.90. The minimum absolute atomic E-state index is 0.0220. The smallest absolute Gasteiger partial charge is 0.276 e. The number of rotatable bonds is 6. The Morgan fingerprint density at radius 3 is 2.62 bits per heavy atom. The molecule has 7 nitrogen and oxygen atoms in total. The average molecular weight is 478 g/mol. The molecule has 0 aliphatic carbocycles. The number of hydrogen-bond donors (Lipinski definition) is 2. The Morgan fingerprint density at radius 2 is 1.97 bits per heavy atom. The first-order valence-corrected chi connectivity index (χ1v) is 10.4. The fourth-order valence-electron chi connectivity index (χ4n) is 2.61. The zero-order valence-electron chi connectivity index (χ0n) is 14.9. The van der Waals surface area contributed by atoms with Crippen LogP contribution >= 0.6 is 46.6 Å². The van der Waals surface area contributed by atoms with Gasteiger partial charge in [0.2, 0.25) is 0 Å². The monoisotopic (exact) mass is 476 g/mol. The first kappa shape index (κ1) is 21.7. The Morgan fingerprint density at radius 1 is 1.28 bits per heavy atom. The molecule has 2 amide bonds. The molecule has 1 aliphatic heterocycles. The lowest BCUT2D eigenvalue weighted by molar-refractivity contribution is -0.140. The zero-order valence-corrected chi connectivity index (χ0v) is 18.0. The number of hydrazine groups is 1. The molecule has 2 aromatic rings. The molecule has 0 bridgehead atoms. The number of nitrogens with one attached hydrogen (secondary N) is 1. The highest BCUT2D eigenvalue weighted by Gasteiger charge is 2.35. The number of ether oxygens (including phenoxy) is 2. The largest absolute Gasteiger partial charge is 0.504 e. The highest BCUT2D eigenvalue weighted by atomic mass is 35.5. The Labute approximate surface area is 185 Å². The van der Waals surface area contributed by atoms with Crippen molar-refractivity contribution in [2.45, 2.75) is 5.37 Å². The second-order valence-electron chi connectivity index (χ2n) is 5.88. The van der Waals surface area contributed by atoms with Gasteiger partial charge >= 0.3 is 0 Å². The van der Waals surface area contributed by atoms with Gasteiger partial charge in [-0.15, -0.1) is 11.8 Å². The van der Waals surface area contributed by atoms with Crippen LogP contribution < -0.4 is 14.9 Å². The number of nitrogens with zero attached hydrogens (tertiary/aromatic N) is 1. The van der Waals surface area contributed by atoms with Gasteiger partial charge in [-0.2, -0.15) is 0 Å². The van der Waals surface area contributed by atoms with E-state index in [4.69, 9.17) is 44.3 Å². The summed E-state index contributed by atoms with van der Waals surface area (Å²) in [7, 11) is 1.43. The van der Waals surface area contributed by atoms with Crippen molar-refractivity contribution in [1.29, 1.82) is 0 Å². The number of methoxy groups -OCH3 is 1. The molecule has 0 radical (unpaired) electrons. The molecule has 1 atom stereocenters. The average Bonchev–Trinajstić information content (AvgIpc) is 3.01. The van der Waals surface area contributed by atoms with E-state index in [0.717, 1.165) is 0 Å². The fourth-order valence-corrected chi connectivity index (χ4v) is 4.63. The highest BCUT2D eigenvalue weighted by Crippen LogP contribution is 2.40. The van der Waals surface area contributed by atoms with Crippen LogP contribution in [0.2, 0.25) is 15.1 Å². The van der Waals surface area contributed by atoms with Crippen molar-refractivity contribution >= 4 is 58.4 Å². The van der Waals surface area contributed by atoms with E-state index in [1.165, 1.54) is 42.1 Å². The Balaban J connectivity index is 1.69. The number of amides is 2. The lowest BCUT2D eigenvalue weighted by Gasteiger charge is -2.25. The summed E-state index contributed by atoms with van der Waals surface area (Å²) >= 11 is 19.2. The van der Waals surface area contributed by atoms with Crippen molar-refractivity contribution in [2.75, 3.05) is 19.5 Å². The molecule has 154 valence electrons. The fraction of sp³-hybridized carbons (Fsp3) is 0.222. The van der Waals surface area contributed by atoms with Crippen molar-refractivity contribution in [3.63, 3.8) is 0 Å². The second kappa shape index (κ2) is 9.21. The van der Waals surface area contributed by atoms with Crippen molar-refractivity contribution < 1.29 is 24.2 Å². The maximum Gasteiger partial charge on any atom is 0.276 e. The topological polar surface area (TPSA) is 88.1 Å². The molecule has 0 saturated carbocycles.